The van der Waals surface area contributed by atoms with Crippen molar-refractivity contribution in [1.29, 1.82) is 0 Å². The van der Waals surface area contributed by atoms with Gasteiger partial charge in [0.15, 0.2) is 0 Å². The maximum absolute atomic E-state index is 13.1. The Balaban J connectivity index is 2.75. The molecule has 1 aromatic carbocycles. The number of primary amides is 1. The third-order valence-electron chi connectivity index (χ3n) is 2.03. The molecule has 92 valence electrons. The molecule has 0 unspecified atom stereocenters. The molecule has 0 radical (unpaired) electrons. The van der Waals surface area contributed by atoms with Gasteiger partial charge in [0, 0.05) is 12.2 Å². The summed E-state index contributed by atoms with van der Waals surface area (Å²) in [7, 11) is 0. The second kappa shape index (κ2) is 5.83. The highest BCUT2D eigenvalue weighted by Gasteiger charge is 2.10. The molecule has 0 heterocycles. The van der Waals surface area contributed by atoms with Crippen LogP contribution in [0.5, 0.6) is 0 Å². The summed E-state index contributed by atoms with van der Waals surface area (Å²) in [5, 5.41) is 5.06. The molecular weight excluding hydrogens is 225 g/mol. The maximum Gasteiger partial charge on any atom is 0.319 e. The molecule has 0 fully saturated rings. The van der Waals surface area contributed by atoms with E-state index in [9.17, 15) is 14.0 Å². The van der Waals surface area contributed by atoms with Gasteiger partial charge in [-0.15, -0.1) is 0 Å². The van der Waals surface area contributed by atoms with Crippen LogP contribution in [0.25, 0.3) is 0 Å². The summed E-state index contributed by atoms with van der Waals surface area (Å²) in [6.07, 6.45) is 0.809. The van der Waals surface area contributed by atoms with Gasteiger partial charge in [-0.2, -0.15) is 0 Å². The summed E-state index contributed by atoms with van der Waals surface area (Å²) >= 11 is 0. The highest BCUT2D eigenvalue weighted by atomic mass is 19.1. The van der Waals surface area contributed by atoms with Gasteiger partial charge in [-0.05, 0) is 24.6 Å². The van der Waals surface area contributed by atoms with Crippen molar-refractivity contribution >= 4 is 17.6 Å². The third kappa shape index (κ3) is 3.75. The molecule has 6 heteroatoms. The second-order valence-corrected chi connectivity index (χ2v) is 3.44. The highest BCUT2D eigenvalue weighted by Crippen LogP contribution is 2.14. The van der Waals surface area contributed by atoms with E-state index in [-0.39, 0.29) is 5.56 Å². The minimum Gasteiger partial charge on any atom is -0.366 e. The van der Waals surface area contributed by atoms with Crippen LogP contribution in [-0.2, 0) is 0 Å². The molecule has 0 bridgehead atoms. The van der Waals surface area contributed by atoms with Gasteiger partial charge in [0.2, 0.25) is 0 Å². The molecular formula is C11H14FN3O2. The molecule has 4 N–H and O–H groups in total. The second-order valence-electron chi connectivity index (χ2n) is 3.44. The number of carbonyl (C=O) groups excluding carboxylic acids is 2. The van der Waals surface area contributed by atoms with E-state index < -0.39 is 17.8 Å². The van der Waals surface area contributed by atoms with E-state index in [1.165, 1.54) is 12.1 Å². The molecule has 0 atom stereocenters. The molecule has 5 nitrogen and oxygen atoms in total. The normalized spacial score (nSPS) is 9.76. The van der Waals surface area contributed by atoms with Gasteiger partial charge >= 0.3 is 6.03 Å². The van der Waals surface area contributed by atoms with Crippen molar-refractivity contribution in [3.63, 3.8) is 0 Å². The summed E-state index contributed by atoms with van der Waals surface area (Å²) < 4.78 is 13.1. The van der Waals surface area contributed by atoms with Crippen molar-refractivity contribution in [1.82, 2.24) is 5.32 Å². The number of anilines is 1. The van der Waals surface area contributed by atoms with E-state index in [4.69, 9.17) is 5.73 Å². The van der Waals surface area contributed by atoms with Gasteiger partial charge in [-0.1, -0.05) is 6.92 Å². The molecule has 3 amide bonds. The van der Waals surface area contributed by atoms with Gasteiger partial charge in [-0.25, -0.2) is 9.18 Å². The van der Waals surface area contributed by atoms with Crippen LogP contribution in [0.4, 0.5) is 14.9 Å². The number of rotatable bonds is 4. The number of benzene rings is 1. The lowest BCUT2D eigenvalue weighted by Gasteiger charge is -2.07. The number of halogens is 1. The largest absolute Gasteiger partial charge is 0.366 e. The monoisotopic (exact) mass is 239 g/mol. The standard InChI is InChI=1S/C11H14FN3O2/c1-2-5-14-11(17)15-7-3-4-9(12)8(6-7)10(13)16/h3-4,6H,2,5H2,1H3,(H2,13,16)(H2,14,15,17). The topological polar surface area (TPSA) is 84.2 Å². The first-order valence-electron chi connectivity index (χ1n) is 5.18. The van der Waals surface area contributed by atoms with Crippen molar-refractivity contribution in [3.05, 3.63) is 29.6 Å². The Labute approximate surface area is 98.2 Å². The first kappa shape index (κ1) is 13.0. The average Bonchev–Trinajstić information content (AvgIpc) is 2.28. The van der Waals surface area contributed by atoms with Crippen molar-refractivity contribution in [2.75, 3.05) is 11.9 Å². The fourth-order valence-electron chi connectivity index (χ4n) is 1.21. The van der Waals surface area contributed by atoms with E-state index in [0.29, 0.717) is 12.2 Å². The molecule has 0 aliphatic heterocycles. The lowest BCUT2D eigenvalue weighted by molar-refractivity contribution is 0.0996. The van der Waals surface area contributed by atoms with Crippen LogP contribution >= 0.6 is 0 Å². The predicted octanol–water partition coefficient (Wildman–Crippen LogP) is 1.46. The first-order valence-corrected chi connectivity index (χ1v) is 5.18. The molecule has 0 aliphatic carbocycles. The number of nitrogens with one attached hydrogen (secondary N) is 2. The fourth-order valence-corrected chi connectivity index (χ4v) is 1.21. The predicted molar refractivity (Wildman–Crippen MR) is 62.2 cm³/mol. The molecule has 0 aromatic heterocycles. The summed E-state index contributed by atoms with van der Waals surface area (Å²) in [6, 6.07) is 3.22. The number of hydrogen-bond acceptors (Lipinski definition) is 2. The van der Waals surface area contributed by atoms with Crippen molar-refractivity contribution in [2.24, 2.45) is 5.73 Å². The van der Waals surface area contributed by atoms with E-state index in [1.54, 1.807) is 0 Å². The minimum absolute atomic E-state index is 0.252. The zero-order chi connectivity index (χ0) is 12.8. The molecule has 0 saturated heterocycles. The SMILES string of the molecule is CCCNC(=O)Nc1ccc(F)c(C(N)=O)c1. The quantitative estimate of drug-likeness (QED) is 0.743. The van der Waals surface area contributed by atoms with Gasteiger partial charge in [0.1, 0.15) is 5.82 Å². The van der Waals surface area contributed by atoms with Crippen LogP contribution in [0.1, 0.15) is 23.7 Å². The Kier molecular flexibility index (Phi) is 4.45. The van der Waals surface area contributed by atoms with E-state index in [1.807, 2.05) is 6.92 Å². The van der Waals surface area contributed by atoms with Crippen molar-refractivity contribution in [2.45, 2.75) is 13.3 Å². The van der Waals surface area contributed by atoms with Crippen molar-refractivity contribution < 1.29 is 14.0 Å². The van der Waals surface area contributed by atoms with E-state index in [2.05, 4.69) is 10.6 Å². The summed E-state index contributed by atoms with van der Waals surface area (Å²) in [5.74, 6) is -1.59. The Bertz CT molecular complexity index is 435. The summed E-state index contributed by atoms with van der Waals surface area (Å²) in [5.41, 5.74) is 5.05. The van der Waals surface area contributed by atoms with Gasteiger partial charge in [-0.3, -0.25) is 4.79 Å². The zero-order valence-corrected chi connectivity index (χ0v) is 9.42. The number of nitrogens with two attached hydrogens (primary N) is 1. The lowest BCUT2D eigenvalue weighted by atomic mass is 10.2. The first-order chi connectivity index (χ1) is 8.04. The Morgan fingerprint density at radius 3 is 2.71 bits per heavy atom. The number of urea groups is 1. The molecule has 1 rings (SSSR count). The van der Waals surface area contributed by atoms with Gasteiger partial charge in [0.05, 0.1) is 5.56 Å². The molecule has 17 heavy (non-hydrogen) atoms. The Morgan fingerprint density at radius 2 is 2.12 bits per heavy atom. The van der Waals surface area contributed by atoms with E-state index in [0.717, 1.165) is 12.5 Å². The molecule has 0 aliphatic rings. The molecule has 1 aromatic rings. The zero-order valence-electron chi connectivity index (χ0n) is 9.42. The summed E-state index contributed by atoms with van der Waals surface area (Å²) in [6.45, 7) is 2.46. The molecule has 0 saturated carbocycles. The van der Waals surface area contributed by atoms with Crippen LogP contribution in [0.15, 0.2) is 18.2 Å². The van der Waals surface area contributed by atoms with Gasteiger partial charge < -0.3 is 16.4 Å². The average molecular weight is 239 g/mol. The van der Waals surface area contributed by atoms with Crippen molar-refractivity contribution in [3.8, 4) is 0 Å². The van der Waals surface area contributed by atoms with Crippen LogP contribution in [0.3, 0.4) is 0 Å². The van der Waals surface area contributed by atoms with Crippen LogP contribution in [0.2, 0.25) is 0 Å². The molecule has 0 spiro atoms. The van der Waals surface area contributed by atoms with Crippen LogP contribution in [-0.4, -0.2) is 18.5 Å². The number of amides is 3. The summed E-state index contributed by atoms with van der Waals surface area (Å²) in [4.78, 5) is 22.2. The third-order valence-corrected chi connectivity index (χ3v) is 2.03. The van der Waals surface area contributed by atoms with Crippen LogP contribution in [0, 0.1) is 5.82 Å². The lowest BCUT2D eigenvalue weighted by Crippen LogP contribution is -2.29. The van der Waals surface area contributed by atoms with Crippen LogP contribution < -0.4 is 16.4 Å². The van der Waals surface area contributed by atoms with E-state index >= 15 is 0 Å². The fraction of sp³-hybridized carbons (Fsp3) is 0.273. The Hall–Kier alpha value is -2.11. The number of hydrogen-bond donors (Lipinski definition) is 3. The number of carbonyl (C=O) groups is 2. The maximum atomic E-state index is 13.1. The smallest absolute Gasteiger partial charge is 0.319 e. The minimum atomic E-state index is -0.875. The van der Waals surface area contributed by atoms with Gasteiger partial charge in [0.25, 0.3) is 5.91 Å². The Morgan fingerprint density at radius 1 is 1.41 bits per heavy atom. The highest BCUT2D eigenvalue weighted by molar-refractivity contribution is 5.96.